The van der Waals surface area contributed by atoms with Gasteiger partial charge in [0.2, 0.25) is 0 Å². The number of carboxylic acid groups (broad SMARTS) is 1. The van der Waals surface area contributed by atoms with Crippen LogP contribution in [0.4, 0.5) is 22.0 Å². The fourth-order valence-electron chi connectivity index (χ4n) is 1.87. The lowest BCUT2D eigenvalue weighted by molar-refractivity contribution is -0.282. The van der Waals surface area contributed by atoms with Crippen molar-refractivity contribution < 1.29 is 31.9 Å². The summed E-state index contributed by atoms with van der Waals surface area (Å²) in [4.78, 5) is 11.1. The van der Waals surface area contributed by atoms with E-state index < -0.39 is 30.4 Å². The zero-order valence-corrected chi connectivity index (χ0v) is 13.0. The van der Waals surface area contributed by atoms with E-state index in [9.17, 15) is 26.7 Å². The van der Waals surface area contributed by atoms with Crippen molar-refractivity contribution in [1.29, 1.82) is 0 Å². The van der Waals surface area contributed by atoms with Gasteiger partial charge in [-0.3, -0.25) is 4.79 Å². The molecular weight excluding hydrogens is 315 g/mol. The molecule has 2 atom stereocenters. The molecule has 21 heavy (non-hydrogen) atoms. The van der Waals surface area contributed by atoms with Gasteiger partial charge in [0.05, 0.1) is 5.92 Å². The molecule has 1 N–H and O–H groups in total. The summed E-state index contributed by atoms with van der Waals surface area (Å²) in [5.74, 6) is -6.43. The third-order valence-corrected chi connectivity index (χ3v) is 4.16. The first-order valence-corrected chi connectivity index (χ1v) is 7.70. The summed E-state index contributed by atoms with van der Waals surface area (Å²) < 4.78 is 61.4. The lowest BCUT2D eigenvalue weighted by atomic mass is 9.93. The zero-order valence-electron chi connectivity index (χ0n) is 12.2. The van der Waals surface area contributed by atoms with Gasteiger partial charge in [-0.05, 0) is 24.5 Å². The molecule has 0 aromatic rings. The smallest absolute Gasteiger partial charge is 0.453 e. The van der Waals surface area contributed by atoms with Crippen LogP contribution in [0, 0.1) is 11.8 Å². The van der Waals surface area contributed by atoms with E-state index in [0.717, 1.165) is 11.8 Å². The molecule has 0 saturated carbocycles. The normalized spacial score (nSPS) is 16.0. The molecule has 0 saturated heterocycles. The van der Waals surface area contributed by atoms with Crippen molar-refractivity contribution >= 4 is 17.7 Å². The molecule has 0 amide bonds. The molecule has 0 rings (SSSR count). The van der Waals surface area contributed by atoms with Gasteiger partial charge in [0.15, 0.2) is 0 Å². The van der Waals surface area contributed by atoms with Gasteiger partial charge in [0, 0.05) is 11.7 Å². The van der Waals surface area contributed by atoms with Gasteiger partial charge >= 0.3 is 18.1 Å². The fraction of sp³-hybridized carbons (Fsp3) is 0.923. The van der Waals surface area contributed by atoms with Crippen LogP contribution in [0.3, 0.4) is 0 Å². The summed E-state index contributed by atoms with van der Waals surface area (Å²) >= 11 is 0.949. The first-order chi connectivity index (χ1) is 9.36. The van der Waals surface area contributed by atoms with E-state index in [4.69, 9.17) is 5.11 Å². The van der Waals surface area contributed by atoms with Crippen LogP contribution in [-0.2, 0) is 4.79 Å². The van der Waals surface area contributed by atoms with E-state index in [-0.39, 0.29) is 23.3 Å². The number of aliphatic carboxylic acids is 1. The Balaban J connectivity index is 4.26. The lowest BCUT2D eigenvalue weighted by Gasteiger charge is -2.21. The highest BCUT2D eigenvalue weighted by molar-refractivity contribution is 7.99. The van der Waals surface area contributed by atoms with Crippen molar-refractivity contribution in [3.8, 4) is 0 Å². The number of hydrogen-bond acceptors (Lipinski definition) is 2. The third-order valence-electron chi connectivity index (χ3n) is 2.95. The Hall–Kier alpha value is -0.530. The monoisotopic (exact) mass is 336 g/mol. The number of halogens is 5. The topological polar surface area (TPSA) is 37.3 Å². The largest absolute Gasteiger partial charge is 0.481 e. The van der Waals surface area contributed by atoms with Gasteiger partial charge in [-0.25, -0.2) is 0 Å². The molecule has 0 aliphatic rings. The second-order valence-corrected chi connectivity index (χ2v) is 7.08. The average molecular weight is 336 g/mol. The minimum absolute atomic E-state index is 0.179. The van der Waals surface area contributed by atoms with E-state index in [0.29, 0.717) is 6.42 Å². The molecule has 0 radical (unpaired) electrons. The molecule has 8 heteroatoms. The summed E-state index contributed by atoms with van der Waals surface area (Å²) in [5, 5.41) is 8.77. The fourth-order valence-corrected chi connectivity index (χ4v) is 3.01. The molecule has 0 spiro atoms. The zero-order chi connectivity index (χ0) is 16.8. The second-order valence-electron chi connectivity index (χ2n) is 5.53. The molecule has 0 aromatic heterocycles. The van der Waals surface area contributed by atoms with Gasteiger partial charge < -0.3 is 5.11 Å². The Kier molecular flexibility index (Phi) is 7.99. The van der Waals surface area contributed by atoms with Gasteiger partial charge in [-0.2, -0.15) is 33.7 Å². The molecule has 0 fully saturated rings. The number of alkyl halides is 5. The Morgan fingerprint density at radius 2 is 1.62 bits per heavy atom. The third kappa shape index (κ3) is 7.87. The van der Waals surface area contributed by atoms with Crippen LogP contribution in [0.5, 0.6) is 0 Å². The van der Waals surface area contributed by atoms with Crippen molar-refractivity contribution in [2.24, 2.45) is 11.8 Å². The Morgan fingerprint density at radius 3 is 2.00 bits per heavy atom. The highest BCUT2D eigenvalue weighted by Crippen LogP contribution is 2.39. The van der Waals surface area contributed by atoms with Crippen LogP contribution in [0.25, 0.3) is 0 Å². The average Bonchev–Trinajstić information content (AvgIpc) is 2.25. The van der Waals surface area contributed by atoms with Gasteiger partial charge in [-0.15, -0.1) is 0 Å². The Labute approximate surface area is 125 Å². The van der Waals surface area contributed by atoms with E-state index >= 15 is 0 Å². The molecule has 0 bridgehead atoms. The standard InChI is InChI=1S/C13H21F5O2S/c1-8(2)6-10(11(19)20)7-9(3)21-5-4-12(14,15)13(16,17)18/h8-10H,4-7H2,1-3H3,(H,19,20). The summed E-state index contributed by atoms with van der Waals surface area (Å²) in [6.07, 6.45) is -6.10. The van der Waals surface area contributed by atoms with E-state index in [1.807, 2.05) is 13.8 Å². The van der Waals surface area contributed by atoms with Crippen LogP contribution in [0.15, 0.2) is 0 Å². The molecular formula is C13H21F5O2S. The van der Waals surface area contributed by atoms with Crippen LogP contribution >= 0.6 is 11.8 Å². The molecule has 0 aromatic carbocycles. The van der Waals surface area contributed by atoms with E-state index in [1.165, 1.54) is 0 Å². The predicted octanol–water partition coefficient (Wildman–Crippen LogP) is 4.83. The van der Waals surface area contributed by atoms with Crippen molar-refractivity contribution in [3.63, 3.8) is 0 Å². The lowest BCUT2D eigenvalue weighted by Crippen LogP contribution is -2.36. The maximum absolute atomic E-state index is 12.7. The summed E-state index contributed by atoms with van der Waals surface area (Å²) in [6, 6.07) is 0. The van der Waals surface area contributed by atoms with E-state index in [2.05, 4.69) is 0 Å². The highest BCUT2D eigenvalue weighted by atomic mass is 32.2. The Bertz CT molecular complexity index is 331. The van der Waals surface area contributed by atoms with Gasteiger partial charge in [0.25, 0.3) is 0 Å². The molecule has 2 nitrogen and oxygen atoms in total. The maximum atomic E-state index is 12.7. The first kappa shape index (κ1) is 20.5. The highest BCUT2D eigenvalue weighted by Gasteiger charge is 2.56. The minimum Gasteiger partial charge on any atom is -0.481 e. The summed E-state index contributed by atoms with van der Waals surface area (Å²) in [6.45, 7) is 5.39. The van der Waals surface area contributed by atoms with Crippen LogP contribution in [0.2, 0.25) is 0 Å². The second kappa shape index (κ2) is 8.19. The van der Waals surface area contributed by atoms with Gasteiger partial charge in [0.1, 0.15) is 0 Å². The minimum atomic E-state index is -5.53. The molecule has 126 valence electrons. The van der Waals surface area contributed by atoms with E-state index in [1.54, 1.807) is 6.92 Å². The maximum Gasteiger partial charge on any atom is 0.453 e. The number of rotatable bonds is 9. The van der Waals surface area contributed by atoms with Crippen molar-refractivity contribution in [1.82, 2.24) is 0 Å². The Morgan fingerprint density at radius 1 is 1.10 bits per heavy atom. The number of carboxylic acids is 1. The summed E-state index contributed by atoms with van der Waals surface area (Å²) in [5.41, 5.74) is 0. The van der Waals surface area contributed by atoms with Gasteiger partial charge in [-0.1, -0.05) is 20.8 Å². The molecule has 0 heterocycles. The van der Waals surface area contributed by atoms with Crippen molar-refractivity contribution in [2.45, 2.75) is 57.4 Å². The number of carbonyl (C=O) groups is 1. The molecule has 0 aliphatic carbocycles. The summed E-state index contributed by atoms with van der Waals surface area (Å²) in [7, 11) is 0. The SMILES string of the molecule is CC(C)CC(CC(C)SCCC(F)(F)C(F)(F)F)C(=O)O. The molecule has 2 unspecified atom stereocenters. The van der Waals surface area contributed by atoms with Crippen molar-refractivity contribution in [2.75, 3.05) is 5.75 Å². The number of hydrogen-bond donors (Lipinski definition) is 1. The molecule has 0 aliphatic heterocycles. The quantitative estimate of drug-likeness (QED) is 0.613. The first-order valence-electron chi connectivity index (χ1n) is 6.65. The number of thioether (sulfide) groups is 1. The predicted molar refractivity (Wildman–Crippen MR) is 72.7 cm³/mol. The van der Waals surface area contributed by atoms with Crippen LogP contribution in [-0.4, -0.2) is 34.2 Å². The van der Waals surface area contributed by atoms with Crippen LogP contribution < -0.4 is 0 Å². The van der Waals surface area contributed by atoms with Crippen LogP contribution in [0.1, 0.15) is 40.0 Å². The van der Waals surface area contributed by atoms with Crippen molar-refractivity contribution in [3.05, 3.63) is 0 Å².